The molecule has 2 aromatic rings. The smallest absolute Gasteiger partial charge is 0.123 e. The van der Waals surface area contributed by atoms with Crippen LogP contribution in [0.3, 0.4) is 0 Å². The van der Waals surface area contributed by atoms with Gasteiger partial charge in [0.2, 0.25) is 0 Å². The van der Waals surface area contributed by atoms with Crippen molar-refractivity contribution < 1.29 is 4.74 Å². The molecule has 1 saturated carbocycles. The second-order valence-corrected chi connectivity index (χ2v) is 6.17. The van der Waals surface area contributed by atoms with Gasteiger partial charge in [-0.05, 0) is 67.0 Å². The topological polar surface area (TPSA) is 27.1 Å². The number of rotatable bonds is 4. The third-order valence-corrected chi connectivity index (χ3v) is 4.58. The zero-order chi connectivity index (χ0) is 15.0. The fourth-order valence-corrected chi connectivity index (χ4v) is 2.94. The first-order chi connectivity index (χ1) is 10.1. The highest BCUT2D eigenvalue weighted by Gasteiger charge is 2.24. The molecule has 110 valence electrons. The lowest BCUT2D eigenvalue weighted by atomic mass is 10.0. The van der Waals surface area contributed by atoms with Gasteiger partial charge in [-0.25, -0.2) is 0 Å². The highest BCUT2D eigenvalue weighted by Crippen LogP contribution is 2.39. The van der Waals surface area contributed by atoms with Gasteiger partial charge in [-0.15, -0.1) is 0 Å². The minimum absolute atomic E-state index is 0.689. The summed E-state index contributed by atoms with van der Waals surface area (Å²) < 4.78 is 8.12. The molecule has 4 heteroatoms. The predicted molar refractivity (Wildman–Crippen MR) is 86.6 cm³/mol. The molecule has 0 amide bonds. The molecule has 3 nitrogen and oxygen atoms in total. The molecule has 3 rings (SSSR count). The summed E-state index contributed by atoms with van der Waals surface area (Å²) in [6.45, 7) is 4.89. The fraction of sp³-hybridized carbons (Fsp3) is 0.412. The van der Waals surface area contributed by atoms with Crippen LogP contribution in [0.25, 0.3) is 0 Å². The lowest BCUT2D eigenvalue weighted by molar-refractivity contribution is 0.410. The lowest BCUT2D eigenvalue weighted by Crippen LogP contribution is -2.09. The number of ether oxygens (including phenoxy) is 1. The van der Waals surface area contributed by atoms with Gasteiger partial charge in [0.25, 0.3) is 0 Å². The Hall–Kier alpha value is -1.68. The molecule has 0 N–H and O–H groups in total. The molecule has 1 fully saturated rings. The lowest BCUT2D eigenvalue weighted by Gasteiger charge is -2.15. The van der Waals surface area contributed by atoms with Crippen LogP contribution in [0.1, 0.15) is 41.0 Å². The van der Waals surface area contributed by atoms with Gasteiger partial charge in [-0.3, -0.25) is 4.68 Å². The minimum Gasteiger partial charge on any atom is -0.496 e. The summed E-state index contributed by atoms with van der Waals surface area (Å²) in [5.74, 6) is 1.60. The molecule has 1 aromatic carbocycles. The zero-order valence-electron chi connectivity index (χ0n) is 12.7. The van der Waals surface area contributed by atoms with E-state index >= 15 is 0 Å². The van der Waals surface area contributed by atoms with E-state index in [1.54, 1.807) is 7.11 Å². The molecule has 21 heavy (non-hydrogen) atoms. The first-order valence-electron chi connectivity index (χ1n) is 7.30. The van der Waals surface area contributed by atoms with Crippen LogP contribution < -0.4 is 4.74 Å². The van der Waals surface area contributed by atoms with Crippen molar-refractivity contribution in [2.75, 3.05) is 7.11 Å². The summed E-state index contributed by atoms with van der Waals surface area (Å²) in [6.07, 6.45) is 4.52. The van der Waals surface area contributed by atoms with Crippen LogP contribution in [0.2, 0.25) is 0 Å². The fourth-order valence-electron chi connectivity index (χ4n) is 2.69. The van der Waals surface area contributed by atoms with Gasteiger partial charge in [0.15, 0.2) is 0 Å². The maximum Gasteiger partial charge on any atom is 0.123 e. The van der Waals surface area contributed by atoms with E-state index in [1.165, 1.54) is 29.5 Å². The van der Waals surface area contributed by atoms with E-state index < -0.39 is 0 Å². The minimum atomic E-state index is 0.689. The number of aryl methyl sites for hydroxylation is 1. The Morgan fingerprint density at radius 3 is 2.71 bits per heavy atom. The van der Waals surface area contributed by atoms with Crippen LogP contribution in [0.4, 0.5) is 0 Å². The first-order valence-corrected chi connectivity index (χ1v) is 7.71. The average Bonchev–Trinajstić information content (AvgIpc) is 3.29. The van der Waals surface area contributed by atoms with E-state index in [-0.39, 0.29) is 0 Å². The Morgan fingerprint density at radius 1 is 1.33 bits per heavy atom. The molecule has 0 bridgehead atoms. The molecular weight excluding hydrogens is 280 g/mol. The molecule has 1 heterocycles. The van der Waals surface area contributed by atoms with Gasteiger partial charge in [0.1, 0.15) is 10.4 Å². The molecule has 0 aliphatic heterocycles. The van der Waals surface area contributed by atoms with Crippen molar-refractivity contribution in [1.29, 1.82) is 0 Å². The van der Waals surface area contributed by atoms with Crippen LogP contribution in [-0.2, 0) is 6.54 Å². The van der Waals surface area contributed by atoms with Crippen molar-refractivity contribution >= 4 is 12.2 Å². The summed E-state index contributed by atoms with van der Waals surface area (Å²) in [7, 11) is 1.70. The maximum absolute atomic E-state index is 5.50. The summed E-state index contributed by atoms with van der Waals surface area (Å²) in [6, 6.07) is 6.20. The van der Waals surface area contributed by atoms with Gasteiger partial charge in [-0.2, -0.15) is 5.10 Å². The predicted octanol–water partition coefficient (Wildman–Crippen LogP) is 4.16. The van der Waals surface area contributed by atoms with Crippen LogP contribution >= 0.6 is 12.2 Å². The Labute approximate surface area is 130 Å². The molecule has 0 spiro atoms. The highest BCUT2D eigenvalue weighted by molar-refractivity contribution is 7.71. The number of benzene rings is 1. The summed E-state index contributed by atoms with van der Waals surface area (Å²) >= 11 is 5.50. The van der Waals surface area contributed by atoms with Crippen LogP contribution in [0.15, 0.2) is 24.4 Å². The van der Waals surface area contributed by atoms with E-state index in [9.17, 15) is 0 Å². The number of methoxy groups -OCH3 is 1. The van der Waals surface area contributed by atoms with Gasteiger partial charge in [0, 0.05) is 0 Å². The van der Waals surface area contributed by atoms with Crippen molar-refractivity contribution in [3.05, 3.63) is 51.3 Å². The third kappa shape index (κ3) is 2.86. The molecule has 0 atom stereocenters. The van der Waals surface area contributed by atoms with E-state index in [1.807, 2.05) is 16.9 Å². The van der Waals surface area contributed by atoms with Crippen molar-refractivity contribution in [1.82, 2.24) is 9.78 Å². The SMILES string of the molecule is COc1ccc(C)c(Cn2ncc(C3CC3)cc2=S)c1C. The van der Waals surface area contributed by atoms with Gasteiger partial charge >= 0.3 is 0 Å². The monoisotopic (exact) mass is 300 g/mol. The first kappa shape index (κ1) is 14.3. The molecule has 0 saturated heterocycles. The standard InChI is InChI=1S/C17H20N2OS/c1-11-4-7-16(20-3)12(2)15(11)10-19-17(21)8-14(9-18-19)13-5-6-13/h4,7-9,13H,5-6,10H2,1-3H3. The number of aromatic nitrogens is 2. The quantitative estimate of drug-likeness (QED) is 0.793. The van der Waals surface area contributed by atoms with Gasteiger partial charge in [0.05, 0.1) is 19.9 Å². The molecule has 1 aliphatic carbocycles. The average molecular weight is 300 g/mol. The van der Waals surface area contributed by atoms with E-state index in [2.05, 4.69) is 31.1 Å². The van der Waals surface area contributed by atoms with Gasteiger partial charge in [-0.1, -0.05) is 18.3 Å². The van der Waals surface area contributed by atoms with E-state index in [0.29, 0.717) is 12.5 Å². The second-order valence-electron chi connectivity index (χ2n) is 5.75. The van der Waals surface area contributed by atoms with E-state index in [0.717, 1.165) is 16.0 Å². The number of hydrogen-bond donors (Lipinski definition) is 0. The third-order valence-electron chi connectivity index (χ3n) is 4.25. The van der Waals surface area contributed by atoms with Crippen molar-refractivity contribution in [2.24, 2.45) is 0 Å². The van der Waals surface area contributed by atoms with Crippen LogP contribution in [-0.4, -0.2) is 16.9 Å². The number of nitrogens with zero attached hydrogens (tertiary/aromatic N) is 2. The largest absolute Gasteiger partial charge is 0.496 e. The molecule has 0 radical (unpaired) electrons. The Bertz CT molecular complexity index is 732. The molecule has 1 aliphatic rings. The second kappa shape index (κ2) is 5.60. The van der Waals surface area contributed by atoms with Crippen molar-refractivity contribution in [3.8, 4) is 5.75 Å². The van der Waals surface area contributed by atoms with Crippen molar-refractivity contribution in [2.45, 2.75) is 39.2 Å². The Kier molecular flexibility index (Phi) is 3.81. The Balaban J connectivity index is 1.95. The normalized spacial score (nSPS) is 14.2. The zero-order valence-corrected chi connectivity index (χ0v) is 13.5. The maximum atomic E-state index is 5.50. The van der Waals surface area contributed by atoms with Crippen LogP contribution in [0, 0.1) is 18.5 Å². The van der Waals surface area contributed by atoms with Crippen molar-refractivity contribution in [3.63, 3.8) is 0 Å². The number of hydrogen-bond acceptors (Lipinski definition) is 3. The van der Waals surface area contributed by atoms with Gasteiger partial charge < -0.3 is 4.74 Å². The molecule has 0 unspecified atom stereocenters. The Morgan fingerprint density at radius 2 is 2.10 bits per heavy atom. The van der Waals surface area contributed by atoms with Crippen LogP contribution in [0.5, 0.6) is 5.75 Å². The summed E-state index contributed by atoms with van der Waals surface area (Å²) in [5, 5.41) is 4.54. The van der Waals surface area contributed by atoms with E-state index in [4.69, 9.17) is 17.0 Å². The molecular formula is C17H20N2OS. The summed E-state index contributed by atoms with van der Waals surface area (Å²) in [5.41, 5.74) is 4.92. The summed E-state index contributed by atoms with van der Waals surface area (Å²) in [4.78, 5) is 0. The highest BCUT2D eigenvalue weighted by atomic mass is 32.1. The molecule has 1 aromatic heterocycles.